The first-order valence-electron chi connectivity index (χ1n) is 5.83. The van der Waals surface area contributed by atoms with Crippen LogP contribution in [-0.4, -0.2) is 25.7 Å². The monoisotopic (exact) mass is 299 g/mol. The molecule has 0 aliphatic carbocycles. The van der Waals surface area contributed by atoms with Gasteiger partial charge in [0.05, 0.1) is 5.69 Å². The van der Waals surface area contributed by atoms with Gasteiger partial charge < -0.3 is 5.73 Å². The summed E-state index contributed by atoms with van der Waals surface area (Å²) in [6.45, 7) is 4.97. The minimum atomic E-state index is 0.586. The van der Waals surface area contributed by atoms with Gasteiger partial charge in [-0.1, -0.05) is 13.8 Å². The lowest BCUT2D eigenvalue weighted by Crippen LogP contribution is -2.05. The van der Waals surface area contributed by atoms with Crippen LogP contribution < -0.4 is 5.73 Å². The summed E-state index contributed by atoms with van der Waals surface area (Å²) in [6, 6.07) is 0. The summed E-state index contributed by atoms with van der Waals surface area (Å²) in [4.78, 5) is 4.57. The van der Waals surface area contributed by atoms with E-state index in [9.17, 15) is 0 Å². The largest absolute Gasteiger partial charge is 0.330 e. The van der Waals surface area contributed by atoms with Crippen molar-refractivity contribution in [2.75, 3.05) is 6.54 Å². The lowest BCUT2D eigenvalue weighted by Gasteiger charge is -2.03. The van der Waals surface area contributed by atoms with E-state index in [0.29, 0.717) is 12.5 Å². The van der Waals surface area contributed by atoms with E-state index in [0.717, 1.165) is 34.7 Å². The predicted octanol–water partition coefficient (Wildman–Crippen LogP) is 1.53. The minimum Gasteiger partial charge on any atom is -0.330 e. The molecule has 0 spiro atoms. The van der Waals surface area contributed by atoms with Gasteiger partial charge in [0.1, 0.15) is 10.4 Å². The zero-order valence-electron chi connectivity index (χ0n) is 10.4. The van der Waals surface area contributed by atoms with E-state index in [1.54, 1.807) is 0 Å². The highest BCUT2D eigenvalue weighted by Gasteiger charge is 2.16. The Kier molecular flexibility index (Phi) is 3.53. The number of rotatable bonds is 4. The van der Waals surface area contributed by atoms with Gasteiger partial charge in [0.2, 0.25) is 5.78 Å². The molecule has 0 fully saturated rings. The summed E-state index contributed by atoms with van der Waals surface area (Å²) >= 11 is 3.54. The third-order valence-corrected chi connectivity index (χ3v) is 3.52. The molecule has 0 bridgehead atoms. The smallest absolute Gasteiger partial charge is 0.233 e. The molecule has 0 saturated heterocycles. The second-order valence-corrected chi connectivity index (χ2v) is 5.42. The first-order valence-corrected chi connectivity index (χ1v) is 6.62. The van der Waals surface area contributed by atoms with Crippen molar-refractivity contribution in [3.63, 3.8) is 0 Å². The molecule has 0 aliphatic heterocycles. The number of nitrogens with two attached hydrogens (primary N) is 1. The van der Waals surface area contributed by atoms with Crippen LogP contribution in [0.25, 0.3) is 5.78 Å². The van der Waals surface area contributed by atoms with E-state index in [2.05, 4.69) is 39.9 Å². The maximum atomic E-state index is 5.56. The molecule has 2 rings (SSSR count). The van der Waals surface area contributed by atoms with E-state index >= 15 is 0 Å². The van der Waals surface area contributed by atoms with Crippen LogP contribution in [0.2, 0.25) is 0 Å². The highest BCUT2D eigenvalue weighted by molar-refractivity contribution is 9.10. The molecule has 0 aromatic carbocycles. The van der Waals surface area contributed by atoms with Crippen molar-refractivity contribution in [1.82, 2.24) is 19.2 Å². The summed E-state index contributed by atoms with van der Waals surface area (Å²) in [7, 11) is 2.01. The van der Waals surface area contributed by atoms with Crippen molar-refractivity contribution in [1.29, 1.82) is 0 Å². The van der Waals surface area contributed by atoms with E-state index in [1.165, 1.54) is 0 Å². The molecule has 0 unspecified atom stereocenters. The molecular weight excluding hydrogens is 282 g/mol. The Morgan fingerprint density at radius 2 is 2.12 bits per heavy atom. The molecule has 94 valence electrons. The Morgan fingerprint density at radius 3 is 2.65 bits per heavy atom. The van der Waals surface area contributed by atoms with E-state index < -0.39 is 0 Å². The van der Waals surface area contributed by atoms with Crippen LogP contribution in [0, 0.1) is 5.92 Å². The Morgan fingerprint density at radius 1 is 1.41 bits per heavy atom. The normalized spacial score (nSPS) is 11.9. The van der Waals surface area contributed by atoms with Crippen molar-refractivity contribution in [2.24, 2.45) is 18.7 Å². The van der Waals surface area contributed by atoms with Gasteiger partial charge in [0.25, 0.3) is 0 Å². The number of nitrogens with zero attached hydrogens (tertiary/aromatic N) is 4. The maximum Gasteiger partial charge on any atom is 0.233 e. The number of hydrogen-bond acceptors (Lipinski definition) is 3. The Balaban J connectivity index is 2.46. The SMILES string of the molecule is CC(C)Cc1nn2c(Br)c(CCN)nc2n1C. The van der Waals surface area contributed by atoms with Crippen LogP contribution in [0.3, 0.4) is 0 Å². The fraction of sp³-hybridized carbons (Fsp3) is 0.636. The molecule has 6 heteroatoms. The summed E-state index contributed by atoms with van der Waals surface area (Å²) in [5.41, 5.74) is 6.53. The molecule has 2 heterocycles. The molecule has 0 aliphatic rings. The average Bonchev–Trinajstić information content (AvgIpc) is 2.70. The van der Waals surface area contributed by atoms with Crippen molar-refractivity contribution >= 4 is 21.7 Å². The van der Waals surface area contributed by atoms with E-state index in [-0.39, 0.29) is 0 Å². The highest BCUT2D eigenvalue weighted by atomic mass is 79.9. The maximum absolute atomic E-state index is 5.56. The summed E-state index contributed by atoms with van der Waals surface area (Å²) in [6.07, 6.45) is 1.72. The Bertz CT molecular complexity index is 525. The highest BCUT2D eigenvalue weighted by Crippen LogP contribution is 2.20. The van der Waals surface area contributed by atoms with Crippen molar-refractivity contribution in [3.05, 3.63) is 16.1 Å². The first-order chi connectivity index (χ1) is 8.04. The van der Waals surface area contributed by atoms with Gasteiger partial charge in [0, 0.05) is 19.9 Å². The van der Waals surface area contributed by atoms with Crippen molar-refractivity contribution in [3.8, 4) is 0 Å². The van der Waals surface area contributed by atoms with Gasteiger partial charge in [-0.2, -0.15) is 9.61 Å². The molecule has 0 atom stereocenters. The third-order valence-electron chi connectivity index (χ3n) is 2.72. The number of aromatic nitrogens is 4. The van der Waals surface area contributed by atoms with Crippen LogP contribution in [0.1, 0.15) is 25.4 Å². The zero-order valence-corrected chi connectivity index (χ0v) is 12.0. The molecule has 2 N–H and O–H groups in total. The first kappa shape index (κ1) is 12.6. The van der Waals surface area contributed by atoms with Crippen LogP contribution in [-0.2, 0) is 19.9 Å². The third kappa shape index (κ3) is 2.24. The summed E-state index contributed by atoms with van der Waals surface area (Å²) < 4.78 is 4.82. The molecular formula is C11H18BrN5. The lowest BCUT2D eigenvalue weighted by atomic mass is 10.1. The number of halogens is 1. The van der Waals surface area contributed by atoms with Crippen molar-refractivity contribution < 1.29 is 0 Å². The predicted molar refractivity (Wildman–Crippen MR) is 71.0 cm³/mol. The molecule has 2 aromatic rings. The van der Waals surface area contributed by atoms with Crippen LogP contribution in [0.4, 0.5) is 0 Å². The Labute approximate surface area is 109 Å². The average molecular weight is 300 g/mol. The minimum absolute atomic E-state index is 0.586. The molecule has 0 radical (unpaired) electrons. The van der Waals surface area contributed by atoms with Gasteiger partial charge >= 0.3 is 0 Å². The lowest BCUT2D eigenvalue weighted by molar-refractivity contribution is 0.599. The van der Waals surface area contributed by atoms with E-state index in [4.69, 9.17) is 5.73 Å². The molecule has 5 nitrogen and oxygen atoms in total. The summed E-state index contributed by atoms with van der Waals surface area (Å²) in [5.74, 6) is 2.52. The number of hydrogen-bond donors (Lipinski definition) is 1. The fourth-order valence-electron chi connectivity index (χ4n) is 1.87. The second-order valence-electron chi connectivity index (χ2n) is 4.67. The zero-order chi connectivity index (χ0) is 12.6. The van der Waals surface area contributed by atoms with Crippen molar-refractivity contribution in [2.45, 2.75) is 26.7 Å². The van der Waals surface area contributed by atoms with Gasteiger partial charge in [-0.15, -0.1) is 0 Å². The van der Waals surface area contributed by atoms with Gasteiger partial charge in [-0.25, -0.2) is 4.98 Å². The number of imidazole rings is 1. The van der Waals surface area contributed by atoms with Gasteiger partial charge in [-0.05, 0) is 28.4 Å². The van der Waals surface area contributed by atoms with Crippen LogP contribution >= 0.6 is 15.9 Å². The van der Waals surface area contributed by atoms with Gasteiger partial charge in [0.15, 0.2) is 0 Å². The van der Waals surface area contributed by atoms with Gasteiger partial charge in [-0.3, -0.25) is 4.57 Å². The molecule has 0 amide bonds. The molecule has 17 heavy (non-hydrogen) atoms. The second kappa shape index (κ2) is 4.78. The topological polar surface area (TPSA) is 61.1 Å². The van der Waals surface area contributed by atoms with E-state index in [1.807, 2.05) is 16.1 Å². The quantitative estimate of drug-likeness (QED) is 0.931. The molecule has 0 saturated carbocycles. The summed E-state index contributed by atoms with van der Waals surface area (Å²) in [5, 5.41) is 4.58. The fourth-order valence-corrected chi connectivity index (χ4v) is 2.39. The van der Waals surface area contributed by atoms with Crippen LogP contribution in [0.15, 0.2) is 4.60 Å². The standard InChI is InChI=1S/C11H18BrN5/c1-7(2)6-9-15-17-10(12)8(4-5-13)14-11(17)16(9)3/h7H,4-6,13H2,1-3H3. The van der Waals surface area contributed by atoms with Crippen LogP contribution in [0.5, 0.6) is 0 Å². The molecule has 2 aromatic heterocycles. The number of aryl methyl sites for hydroxylation is 1. The number of fused-ring (bicyclic) bond motifs is 1. The Hall–Kier alpha value is -0.880.